The second kappa shape index (κ2) is 7.92. The lowest BCUT2D eigenvalue weighted by atomic mass is 9.97. The number of thiophene rings is 1. The van der Waals surface area contributed by atoms with Gasteiger partial charge in [-0.2, -0.15) is 11.3 Å². The van der Waals surface area contributed by atoms with E-state index in [2.05, 4.69) is 27.0 Å². The predicted octanol–water partition coefficient (Wildman–Crippen LogP) is 3.31. The molecule has 120 valence electrons. The highest BCUT2D eigenvalue weighted by Gasteiger charge is 2.27. The number of rotatable bonds is 4. The van der Waals surface area contributed by atoms with Crippen molar-refractivity contribution < 1.29 is 9.13 Å². The molecule has 3 nitrogen and oxygen atoms in total. The van der Waals surface area contributed by atoms with E-state index in [1.807, 2.05) is 6.07 Å². The highest BCUT2D eigenvalue weighted by Crippen LogP contribution is 2.37. The summed E-state index contributed by atoms with van der Waals surface area (Å²) in [6.07, 6.45) is 0. The van der Waals surface area contributed by atoms with Crippen LogP contribution in [0.25, 0.3) is 0 Å². The Morgan fingerprint density at radius 2 is 2.05 bits per heavy atom. The number of halogens is 2. The summed E-state index contributed by atoms with van der Waals surface area (Å²) in [5.41, 5.74) is 2.10. The van der Waals surface area contributed by atoms with E-state index in [-0.39, 0.29) is 24.3 Å². The van der Waals surface area contributed by atoms with Crippen molar-refractivity contribution >= 4 is 23.7 Å². The van der Waals surface area contributed by atoms with Gasteiger partial charge in [0.25, 0.3) is 0 Å². The second-order valence-corrected chi connectivity index (χ2v) is 5.89. The van der Waals surface area contributed by atoms with Gasteiger partial charge in [0.2, 0.25) is 0 Å². The highest BCUT2D eigenvalue weighted by atomic mass is 35.5. The lowest BCUT2D eigenvalue weighted by molar-refractivity contribution is 0.195. The quantitative estimate of drug-likeness (QED) is 0.922. The Morgan fingerprint density at radius 1 is 1.27 bits per heavy atom. The average molecular weight is 343 g/mol. The molecule has 1 aromatic carbocycles. The maximum atomic E-state index is 14.1. The fourth-order valence-corrected chi connectivity index (χ4v) is 3.59. The number of para-hydroxylation sites is 1. The topological polar surface area (TPSA) is 24.5 Å². The molecule has 1 N–H and O–H groups in total. The van der Waals surface area contributed by atoms with Crippen LogP contribution in [0.1, 0.15) is 17.2 Å². The van der Waals surface area contributed by atoms with Crippen molar-refractivity contribution in [1.82, 2.24) is 10.2 Å². The molecule has 1 atom stereocenters. The fourth-order valence-electron chi connectivity index (χ4n) is 2.91. The molecule has 1 aliphatic rings. The van der Waals surface area contributed by atoms with Crippen LogP contribution < -0.4 is 10.1 Å². The summed E-state index contributed by atoms with van der Waals surface area (Å²) in [7, 11) is 1.53. The van der Waals surface area contributed by atoms with Crippen molar-refractivity contribution in [2.45, 2.75) is 6.04 Å². The minimum atomic E-state index is -0.301. The van der Waals surface area contributed by atoms with Crippen LogP contribution in [0.3, 0.4) is 0 Å². The zero-order valence-electron chi connectivity index (χ0n) is 12.4. The largest absolute Gasteiger partial charge is 0.493 e. The van der Waals surface area contributed by atoms with Crippen molar-refractivity contribution in [2.75, 3.05) is 33.3 Å². The lowest BCUT2D eigenvalue weighted by Crippen LogP contribution is -2.45. The van der Waals surface area contributed by atoms with Crippen molar-refractivity contribution in [3.05, 3.63) is 52.0 Å². The van der Waals surface area contributed by atoms with Crippen molar-refractivity contribution in [1.29, 1.82) is 0 Å². The van der Waals surface area contributed by atoms with Crippen LogP contribution in [-0.2, 0) is 0 Å². The van der Waals surface area contributed by atoms with Gasteiger partial charge in [-0.3, -0.25) is 4.90 Å². The van der Waals surface area contributed by atoms with E-state index in [4.69, 9.17) is 4.74 Å². The van der Waals surface area contributed by atoms with E-state index in [1.54, 1.807) is 17.4 Å². The standard InChI is InChI=1S/C16H19FN2OS.ClH/c1-20-16-13(3-2-4-14(16)17)15(12-5-10-21-11-12)19-8-6-18-7-9-19;/h2-5,10-11,15,18H,6-9H2,1H3;1H/t15-;/m1./s1. The third-order valence-corrected chi connectivity index (χ3v) is 4.57. The van der Waals surface area contributed by atoms with E-state index in [0.29, 0.717) is 5.75 Å². The first-order valence-electron chi connectivity index (χ1n) is 7.10. The molecule has 0 amide bonds. The predicted molar refractivity (Wildman–Crippen MR) is 90.8 cm³/mol. The molecule has 1 aliphatic heterocycles. The minimum absolute atomic E-state index is 0. The molecule has 0 saturated carbocycles. The third kappa shape index (κ3) is 3.43. The first-order chi connectivity index (χ1) is 10.3. The smallest absolute Gasteiger partial charge is 0.165 e. The van der Waals surface area contributed by atoms with Crippen LogP contribution in [0.4, 0.5) is 4.39 Å². The van der Waals surface area contributed by atoms with Gasteiger partial charge in [-0.1, -0.05) is 12.1 Å². The third-order valence-electron chi connectivity index (χ3n) is 3.87. The molecule has 22 heavy (non-hydrogen) atoms. The van der Waals surface area contributed by atoms with Crippen LogP contribution in [0, 0.1) is 5.82 Å². The number of benzene rings is 1. The summed E-state index contributed by atoms with van der Waals surface area (Å²) in [6.45, 7) is 3.80. The first kappa shape index (κ1) is 17.2. The molecule has 0 bridgehead atoms. The number of ether oxygens (including phenoxy) is 1. The highest BCUT2D eigenvalue weighted by molar-refractivity contribution is 7.08. The molecule has 0 spiro atoms. The Labute approximate surface area is 140 Å². The Balaban J connectivity index is 0.00000176. The molecule has 0 aliphatic carbocycles. The summed E-state index contributed by atoms with van der Waals surface area (Å²) in [4.78, 5) is 2.38. The van der Waals surface area contributed by atoms with Gasteiger partial charge in [0.05, 0.1) is 13.2 Å². The van der Waals surface area contributed by atoms with Crippen LogP contribution in [0.5, 0.6) is 5.75 Å². The molecule has 2 aromatic rings. The van der Waals surface area contributed by atoms with E-state index < -0.39 is 0 Å². The molecule has 6 heteroatoms. The van der Waals surface area contributed by atoms with E-state index >= 15 is 0 Å². The number of methoxy groups -OCH3 is 1. The van der Waals surface area contributed by atoms with Crippen LogP contribution >= 0.6 is 23.7 Å². The fraction of sp³-hybridized carbons (Fsp3) is 0.375. The van der Waals surface area contributed by atoms with E-state index in [1.165, 1.54) is 18.7 Å². The molecule has 0 radical (unpaired) electrons. The second-order valence-electron chi connectivity index (χ2n) is 5.11. The lowest BCUT2D eigenvalue weighted by Gasteiger charge is -2.35. The Morgan fingerprint density at radius 3 is 2.68 bits per heavy atom. The molecule has 1 fully saturated rings. The van der Waals surface area contributed by atoms with Gasteiger partial charge in [-0.25, -0.2) is 4.39 Å². The molecular weight excluding hydrogens is 323 g/mol. The summed E-state index contributed by atoms with van der Waals surface area (Å²) in [5.74, 6) is 0.0533. The SMILES string of the molecule is COc1c(F)cccc1[C@@H](c1ccsc1)N1CCNCC1.Cl. The summed E-state index contributed by atoms with van der Waals surface area (Å²) in [5, 5.41) is 7.56. The summed E-state index contributed by atoms with van der Waals surface area (Å²) in [6, 6.07) is 7.33. The number of hydrogen-bond donors (Lipinski definition) is 1. The van der Waals surface area contributed by atoms with Gasteiger partial charge in [0, 0.05) is 31.7 Å². The zero-order valence-corrected chi connectivity index (χ0v) is 14.1. The van der Waals surface area contributed by atoms with Gasteiger partial charge < -0.3 is 10.1 Å². The monoisotopic (exact) mass is 342 g/mol. The number of hydrogen-bond acceptors (Lipinski definition) is 4. The van der Waals surface area contributed by atoms with Crippen molar-refractivity contribution in [3.63, 3.8) is 0 Å². The molecule has 1 saturated heterocycles. The number of nitrogens with one attached hydrogen (secondary N) is 1. The molecule has 0 unspecified atom stereocenters. The summed E-state index contributed by atoms with van der Waals surface area (Å²) >= 11 is 1.67. The maximum absolute atomic E-state index is 14.1. The van der Waals surface area contributed by atoms with Crippen molar-refractivity contribution in [2.24, 2.45) is 0 Å². The van der Waals surface area contributed by atoms with E-state index in [9.17, 15) is 4.39 Å². The normalized spacial score (nSPS) is 16.8. The van der Waals surface area contributed by atoms with Gasteiger partial charge in [0.1, 0.15) is 0 Å². The van der Waals surface area contributed by atoms with Gasteiger partial charge in [-0.05, 0) is 28.5 Å². The van der Waals surface area contributed by atoms with Gasteiger partial charge in [0.15, 0.2) is 11.6 Å². The summed E-state index contributed by atoms with van der Waals surface area (Å²) < 4.78 is 19.4. The van der Waals surface area contributed by atoms with Crippen LogP contribution in [0.15, 0.2) is 35.0 Å². The van der Waals surface area contributed by atoms with Gasteiger partial charge in [-0.15, -0.1) is 12.4 Å². The molecule has 1 aromatic heterocycles. The Kier molecular flexibility index (Phi) is 6.20. The van der Waals surface area contributed by atoms with Crippen LogP contribution in [0.2, 0.25) is 0 Å². The van der Waals surface area contributed by atoms with Gasteiger partial charge >= 0.3 is 0 Å². The first-order valence-corrected chi connectivity index (χ1v) is 8.05. The molecular formula is C16H20ClFN2OS. The van der Waals surface area contributed by atoms with Crippen molar-refractivity contribution in [3.8, 4) is 5.75 Å². The Bertz CT molecular complexity index is 588. The number of piperazine rings is 1. The number of nitrogens with zero attached hydrogens (tertiary/aromatic N) is 1. The molecule has 2 heterocycles. The minimum Gasteiger partial charge on any atom is -0.493 e. The zero-order chi connectivity index (χ0) is 14.7. The average Bonchev–Trinajstić information content (AvgIpc) is 3.03. The Hall–Kier alpha value is -1.14. The molecule has 3 rings (SSSR count). The maximum Gasteiger partial charge on any atom is 0.165 e. The van der Waals surface area contributed by atoms with E-state index in [0.717, 1.165) is 31.7 Å². The van der Waals surface area contributed by atoms with Crippen LogP contribution in [-0.4, -0.2) is 38.2 Å².